The van der Waals surface area contributed by atoms with Crippen LogP contribution in [0.4, 0.5) is 4.79 Å². The summed E-state index contributed by atoms with van der Waals surface area (Å²) < 4.78 is 5.11. The second-order valence-corrected chi connectivity index (χ2v) is 5.46. The van der Waals surface area contributed by atoms with Gasteiger partial charge in [0, 0.05) is 17.9 Å². The quantitative estimate of drug-likeness (QED) is 0.777. The zero-order valence-corrected chi connectivity index (χ0v) is 10.6. The van der Waals surface area contributed by atoms with Crippen molar-refractivity contribution in [2.24, 2.45) is 5.92 Å². The van der Waals surface area contributed by atoms with E-state index in [1.54, 1.807) is 20.8 Å². The Morgan fingerprint density at radius 1 is 1.24 bits per heavy atom. The Kier molecular flexibility index (Phi) is 4.37. The second kappa shape index (κ2) is 5.38. The van der Waals surface area contributed by atoms with Crippen LogP contribution < -0.4 is 10.4 Å². The van der Waals surface area contributed by atoms with Crippen molar-refractivity contribution in [2.75, 3.05) is 0 Å². The SMILES string of the molecule is CC(C)(C)OC(=O)N[C@@H]1CCCC[C@@H]1C(=O)[O-]. The molecule has 98 valence electrons. The van der Waals surface area contributed by atoms with Gasteiger partial charge in [0.25, 0.3) is 0 Å². The van der Waals surface area contributed by atoms with Gasteiger partial charge in [-0.3, -0.25) is 0 Å². The molecule has 0 aromatic rings. The Morgan fingerprint density at radius 2 is 1.82 bits per heavy atom. The number of carboxylic acid groups (broad SMARTS) is 1. The molecule has 1 aliphatic rings. The third-order valence-electron chi connectivity index (χ3n) is 2.77. The van der Waals surface area contributed by atoms with Gasteiger partial charge in [0.05, 0.1) is 0 Å². The third kappa shape index (κ3) is 4.63. The average molecular weight is 242 g/mol. The van der Waals surface area contributed by atoms with E-state index in [-0.39, 0.29) is 6.04 Å². The summed E-state index contributed by atoms with van der Waals surface area (Å²) in [6.07, 6.45) is 2.45. The Bertz CT molecular complexity index is 295. The highest BCUT2D eigenvalue weighted by atomic mass is 16.6. The van der Waals surface area contributed by atoms with E-state index in [0.29, 0.717) is 12.8 Å². The molecule has 0 aliphatic heterocycles. The zero-order chi connectivity index (χ0) is 13.1. The molecule has 1 N–H and O–H groups in total. The normalized spacial score (nSPS) is 25.1. The molecule has 5 nitrogen and oxygen atoms in total. The summed E-state index contributed by atoms with van der Waals surface area (Å²) in [4.78, 5) is 22.5. The minimum Gasteiger partial charge on any atom is -0.550 e. The predicted octanol–water partition coefficient (Wildman–Crippen LogP) is 0.820. The van der Waals surface area contributed by atoms with Crippen LogP contribution in [0.5, 0.6) is 0 Å². The lowest BCUT2D eigenvalue weighted by molar-refractivity contribution is -0.313. The molecule has 0 saturated heterocycles. The summed E-state index contributed by atoms with van der Waals surface area (Å²) in [5.74, 6) is -1.69. The van der Waals surface area contributed by atoms with Crippen molar-refractivity contribution in [2.45, 2.75) is 58.1 Å². The summed E-state index contributed by atoms with van der Waals surface area (Å²) in [6.45, 7) is 5.30. The average Bonchev–Trinajstić information content (AvgIpc) is 2.14. The van der Waals surface area contributed by atoms with Gasteiger partial charge in [-0.2, -0.15) is 0 Å². The first-order valence-corrected chi connectivity index (χ1v) is 6.00. The summed E-state index contributed by atoms with van der Waals surface area (Å²) in [5, 5.41) is 13.6. The number of carbonyl (C=O) groups excluding carboxylic acids is 2. The highest BCUT2D eigenvalue weighted by molar-refractivity contribution is 5.72. The van der Waals surface area contributed by atoms with Crippen LogP contribution in [0, 0.1) is 5.92 Å². The van der Waals surface area contributed by atoms with Crippen molar-refractivity contribution in [3.05, 3.63) is 0 Å². The van der Waals surface area contributed by atoms with Crippen LogP contribution in [0.15, 0.2) is 0 Å². The molecule has 0 aromatic heterocycles. The van der Waals surface area contributed by atoms with Crippen LogP contribution in [0.2, 0.25) is 0 Å². The molecular formula is C12H20NO4-. The first-order valence-electron chi connectivity index (χ1n) is 6.00. The van der Waals surface area contributed by atoms with E-state index in [2.05, 4.69) is 5.32 Å². The lowest BCUT2D eigenvalue weighted by atomic mass is 9.84. The van der Waals surface area contributed by atoms with Crippen LogP contribution >= 0.6 is 0 Å². The van der Waals surface area contributed by atoms with Crippen molar-refractivity contribution in [3.63, 3.8) is 0 Å². The predicted molar refractivity (Wildman–Crippen MR) is 60.1 cm³/mol. The van der Waals surface area contributed by atoms with Gasteiger partial charge in [0.15, 0.2) is 0 Å². The smallest absolute Gasteiger partial charge is 0.407 e. The highest BCUT2D eigenvalue weighted by Crippen LogP contribution is 2.24. The van der Waals surface area contributed by atoms with E-state index in [1.165, 1.54) is 0 Å². The number of carboxylic acids is 1. The molecule has 1 fully saturated rings. The van der Waals surface area contributed by atoms with E-state index < -0.39 is 23.6 Å². The number of carbonyl (C=O) groups is 2. The molecule has 1 saturated carbocycles. The molecule has 1 aliphatic carbocycles. The molecule has 0 radical (unpaired) electrons. The molecule has 5 heteroatoms. The summed E-state index contributed by atoms with van der Waals surface area (Å²) in [6, 6.07) is -0.372. The largest absolute Gasteiger partial charge is 0.550 e. The van der Waals surface area contributed by atoms with Crippen molar-refractivity contribution < 1.29 is 19.4 Å². The Labute approximate surface area is 102 Å². The highest BCUT2D eigenvalue weighted by Gasteiger charge is 2.28. The molecular weight excluding hydrogens is 222 g/mol. The molecule has 0 heterocycles. The summed E-state index contributed by atoms with van der Waals surface area (Å²) >= 11 is 0. The number of rotatable bonds is 2. The van der Waals surface area contributed by atoms with E-state index in [0.717, 1.165) is 12.8 Å². The van der Waals surface area contributed by atoms with E-state index in [9.17, 15) is 14.7 Å². The molecule has 0 bridgehead atoms. The fraction of sp³-hybridized carbons (Fsp3) is 0.833. The van der Waals surface area contributed by atoms with E-state index in [4.69, 9.17) is 4.74 Å². The number of ether oxygens (including phenoxy) is 1. The topological polar surface area (TPSA) is 78.5 Å². The molecule has 1 amide bonds. The van der Waals surface area contributed by atoms with E-state index >= 15 is 0 Å². The summed E-state index contributed by atoms with van der Waals surface area (Å²) in [7, 11) is 0. The first kappa shape index (κ1) is 13.8. The maximum atomic E-state index is 11.5. The summed E-state index contributed by atoms with van der Waals surface area (Å²) in [5.41, 5.74) is -0.574. The van der Waals surface area contributed by atoms with Crippen molar-refractivity contribution in [1.82, 2.24) is 5.32 Å². The number of alkyl carbamates (subject to hydrolysis) is 1. The first-order chi connectivity index (χ1) is 7.79. The Balaban J connectivity index is 2.53. The third-order valence-corrected chi connectivity index (χ3v) is 2.77. The maximum absolute atomic E-state index is 11.5. The molecule has 0 aromatic carbocycles. The molecule has 2 atom stereocenters. The van der Waals surface area contributed by atoms with Crippen LogP contribution in [0.1, 0.15) is 46.5 Å². The van der Waals surface area contributed by atoms with Crippen molar-refractivity contribution >= 4 is 12.1 Å². The molecule has 0 spiro atoms. The number of amides is 1. The minimum atomic E-state index is -1.09. The minimum absolute atomic E-state index is 0.372. The van der Waals surface area contributed by atoms with Gasteiger partial charge in [-0.1, -0.05) is 12.8 Å². The fourth-order valence-corrected chi connectivity index (χ4v) is 2.04. The zero-order valence-electron chi connectivity index (χ0n) is 10.6. The number of hydrogen-bond donors (Lipinski definition) is 1. The lowest BCUT2D eigenvalue weighted by Gasteiger charge is -2.33. The van der Waals surface area contributed by atoms with Crippen molar-refractivity contribution in [1.29, 1.82) is 0 Å². The van der Waals surface area contributed by atoms with Gasteiger partial charge in [0.1, 0.15) is 5.60 Å². The number of aliphatic carboxylic acids is 1. The van der Waals surface area contributed by atoms with Crippen LogP contribution in [0.25, 0.3) is 0 Å². The number of nitrogens with one attached hydrogen (secondary N) is 1. The van der Waals surface area contributed by atoms with Crippen LogP contribution in [-0.2, 0) is 9.53 Å². The van der Waals surface area contributed by atoms with Gasteiger partial charge >= 0.3 is 6.09 Å². The van der Waals surface area contributed by atoms with Crippen molar-refractivity contribution in [3.8, 4) is 0 Å². The van der Waals surface area contributed by atoms with Gasteiger partial charge < -0.3 is 20.0 Å². The molecule has 0 unspecified atom stereocenters. The monoisotopic (exact) mass is 242 g/mol. The maximum Gasteiger partial charge on any atom is 0.407 e. The Hall–Kier alpha value is -1.26. The van der Waals surface area contributed by atoms with Gasteiger partial charge in [-0.05, 0) is 33.6 Å². The van der Waals surface area contributed by atoms with Gasteiger partial charge in [-0.15, -0.1) is 0 Å². The van der Waals surface area contributed by atoms with E-state index in [1.807, 2.05) is 0 Å². The van der Waals surface area contributed by atoms with Crippen LogP contribution in [-0.4, -0.2) is 23.7 Å². The number of hydrogen-bond acceptors (Lipinski definition) is 4. The van der Waals surface area contributed by atoms with Gasteiger partial charge in [0.2, 0.25) is 0 Å². The van der Waals surface area contributed by atoms with Crippen LogP contribution in [0.3, 0.4) is 0 Å². The fourth-order valence-electron chi connectivity index (χ4n) is 2.04. The molecule has 17 heavy (non-hydrogen) atoms. The Morgan fingerprint density at radius 3 is 2.35 bits per heavy atom. The second-order valence-electron chi connectivity index (χ2n) is 5.46. The standard InChI is InChI=1S/C12H21NO4/c1-12(2,3)17-11(16)13-9-7-5-4-6-8(9)10(14)15/h8-9H,4-7H2,1-3H3,(H,13,16)(H,14,15)/p-1/t8-,9+/m0/s1. The lowest BCUT2D eigenvalue weighted by Crippen LogP contribution is -2.50. The molecule has 1 rings (SSSR count). The van der Waals surface area contributed by atoms with Gasteiger partial charge in [-0.25, -0.2) is 4.79 Å².